The standard InChI is InChI=1S/C15H19N3O3S/c1-11-3-4-13-16-12(8-18(13)7-11)9-22-10-14(19)17(2)6-5-15(20)21/h3-4,7-8H,5-6,9-10H2,1-2H3,(H,20,21). The Labute approximate surface area is 133 Å². The summed E-state index contributed by atoms with van der Waals surface area (Å²) in [6, 6.07) is 3.98. The van der Waals surface area contributed by atoms with E-state index in [1.165, 1.54) is 22.2 Å². The summed E-state index contributed by atoms with van der Waals surface area (Å²) in [5.74, 6) is 0.0144. The van der Waals surface area contributed by atoms with Crippen molar-refractivity contribution in [2.75, 3.05) is 19.3 Å². The lowest BCUT2D eigenvalue weighted by Gasteiger charge is -2.15. The minimum absolute atomic E-state index is 0.0291. The molecule has 22 heavy (non-hydrogen) atoms. The van der Waals surface area contributed by atoms with Crippen LogP contribution in [0, 0.1) is 6.92 Å². The van der Waals surface area contributed by atoms with E-state index in [9.17, 15) is 9.59 Å². The van der Waals surface area contributed by atoms with Crippen molar-refractivity contribution in [3.8, 4) is 0 Å². The number of imidazole rings is 1. The van der Waals surface area contributed by atoms with E-state index in [0.717, 1.165) is 11.3 Å². The summed E-state index contributed by atoms with van der Waals surface area (Å²) in [6.45, 7) is 2.27. The molecule has 0 aliphatic rings. The zero-order valence-electron chi connectivity index (χ0n) is 12.7. The molecule has 0 radical (unpaired) electrons. The van der Waals surface area contributed by atoms with Gasteiger partial charge in [-0.2, -0.15) is 0 Å². The summed E-state index contributed by atoms with van der Waals surface area (Å²) in [7, 11) is 1.62. The lowest BCUT2D eigenvalue weighted by Crippen LogP contribution is -2.30. The molecule has 0 bridgehead atoms. The maximum Gasteiger partial charge on any atom is 0.305 e. The van der Waals surface area contributed by atoms with E-state index in [0.29, 0.717) is 11.5 Å². The first-order valence-electron chi connectivity index (χ1n) is 6.93. The smallest absolute Gasteiger partial charge is 0.305 e. The highest BCUT2D eigenvalue weighted by Crippen LogP contribution is 2.14. The van der Waals surface area contributed by atoms with Gasteiger partial charge in [-0.25, -0.2) is 4.98 Å². The minimum atomic E-state index is -0.896. The number of aromatic nitrogens is 2. The van der Waals surface area contributed by atoms with E-state index in [1.807, 2.05) is 35.9 Å². The lowest BCUT2D eigenvalue weighted by atomic mass is 10.3. The van der Waals surface area contributed by atoms with Crippen LogP contribution in [0.15, 0.2) is 24.5 Å². The van der Waals surface area contributed by atoms with E-state index >= 15 is 0 Å². The summed E-state index contributed by atoms with van der Waals surface area (Å²) in [5.41, 5.74) is 2.99. The molecule has 118 valence electrons. The predicted molar refractivity (Wildman–Crippen MR) is 86.0 cm³/mol. The maximum atomic E-state index is 11.8. The van der Waals surface area contributed by atoms with Crippen LogP contribution in [0.2, 0.25) is 0 Å². The quantitative estimate of drug-likeness (QED) is 0.842. The molecule has 6 nitrogen and oxygen atoms in total. The number of carboxylic acids is 1. The number of carbonyl (C=O) groups excluding carboxylic acids is 1. The molecular formula is C15H19N3O3S. The molecule has 7 heteroatoms. The number of fused-ring (bicyclic) bond motifs is 1. The zero-order chi connectivity index (χ0) is 16.1. The van der Waals surface area contributed by atoms with E-state index in [2.05, 4.69) is 4.98 Å². The van der Waals surface area contributed by atoms with Gasteiger partial charge in [-0.3, -0.25) is 9.59 Å². The second-order valence-electron chi connectivity index (χ2n) is 5.16. The van der Waals surface area contributed by atoms with Crippen molar-refractivity contribution in [2.24, 2.45) is 0 Å². The van der Waals surface area contributed by atoms with Gasteiger partial charge in [0.15, 0.2) is 0 Å². The normalized spacial score (nSPS) is 10.8. The Morgan fingerprint density at radius 3 is 2.86 bits per heavy atom. The predicted octanol–water partition coefficient (Wildman–Crippen LogP) is 1.81. The van der Waals surface area contributed by atoms with Crippen LogP contribution >= 0.6 is 11.8 Å². The fraction of sp³-hybridized carbons (Fsp3) is 0.400. The third-order valence-corrected chi connectivity index (χ3v) is 4.16. The Morgan fingerprint density at radius 2 is 2.14 bits per heavy atom. The van der Waals surface area contributed by atoms with Gasteiger partial charge in [-0.1, -0.05) is 6.07 Å². The number of aryl methyl sites for hydroxylation is 1. The van der Waals surface area contributed by atoms with Crippen LogP contribution in [0.5, 0.6) is 0 Å². The van der Waals surface area contributed by atoms with Gasteiger partial charge in [-0.05, 0) is 18.6 Å². The molecule has 0 fully saturated rings. The van der Waals surface area contributed by atoms with Crippen LogP contribution in [-0.2, 0) is 15.3 Å². The number of rotatable bonds is 7. The molecule has 1 amide bonds. The highest BCUT2D eigenvalue weighted by molar-refractivity contribution is 7.99. The SMILES string of the molecule is Cc1ccc2nc(CSCC(=O)N(C)CCC(=O)O)cn2c1. The van der Waals surface area contributed by atoms with Crippen molar-refractivity contribution in [3.05, 3.63) is 35.8 Å². The van der Waals surface area contributed by atoms with Crippen molar-refractivity contribution >= 4 is 29.3 Å². The van der Waals surface area contributed by atoms with E-state index < -0.39 is 5.97 Å². The largest absolute Gasteiger partial charge is 0.481 e. The highest BCUT2D eigenvalue weighted by Gasteiger charge is 2.11. The van der Waals surface area contributed by atoms with Gasteiger partial charge in [0.1, 0.15) is 5.65 Å². The fourth-order valence-electron chi connectivity index (χ4n) is 1.97. The van der Waals surface area contributed by atoms with Crippen LogP contribution in [0.3, 0.4) is 0 Å². The second-order valence-corrected chi connectivity index (χ2v) is 6.14. The summed E-state index contributed by atoms with van der Waals surface area (Å²) in [6.07, 6.45) is 3.95. The molecule has 0 aliphatic carbocycles. The average Bonchev–Trinajstić information content (AvgIpc) is 2.86. The van der Waals surface area contributed by atoms with Crippen LogP contribution in [0.1, 0.15) is 17.7 Å². The van der Waals surface area contributed by atoms with Crippen molar-refractivity contribution in [1.29, 1.82) is 0 Å². The summed E-state index contributed by atoms with van der Waals surface area (Å²) in [5, 5.41) is 8.60. The number of nitrogens with zero attached hydrogens (tertiary/aromatic N) is 3. The van der Waals surface area contributed by atoms with E-state index in [4.69, 9.17) is 5.11 Å². The third kappa shape index (κ3) is 4.49. The number of hydrogen-bond acceptors (Lipinski definition) is 4. The molecule has 1 N–H and O–H groups in total. The lowest BCUT2D eigenvalue weighted by molar-refractivity contribution is -0.137. The second kappa shape index (κ2) is 7.31. The van der Waals surface area contributed by atoms with Gasteiger partial charge in [0.2, 0.25) is 5.91 Å². The Balaban J connectivity index is 1.82. The Bertz CT molecular complexity index is 684. The van der Waals surface area contributed by atoms with Gasteiger partial charge in [0.25, 0.3) is 0 Å². The number of pyridine rings is 1. The summed E-state index contributed by atoms with van der Waals surface area (Å²) in [4.78, 5) is 28.3. The van der Waals surface area contributed by atoms with Gasteiger partial charge in [-0.15, -0.1) is 11.8 Å². The number of hydrogen-bond donors (Lipinski definition) is 1. The molecule has 2 heterocycles. The van der Waals surface area contributed by atoms with Crippen molar-refractivity contribution in [3.63, 3.8) is 0 Å². The highest BCUT2D eigenvalue weighted by atomic mass is 32.2. The third-order valence-electron chi connectivity index (χ3n) is 3.21. The molecule has 0 atom stereocenters. The number of carboxylic acid groups (broad SMARTS) is 1. The van der Waals surface area contributed by atoms with Crippen LogP contribution < -0.4 is 0 Å². The van der Waals surface area contributed by atoms with Crippen LogP contribution in [0.4, 0.5) is 0 Å². The molecule has 2 aromatic heterocycles. The van der Waals surface area contributed by atoms with E-state index in [-0.39, 0.29) is 18.9 Å². The molecule has 0 unspecified atom stereocenters. The fourth-order valence-corrected chi connectivity index (χ4v) is 2.81. The Morgan fingerprint density at radius 1 is 1.36 bits per heavy atom. The van der Waals surface area contributed by atoms with Gasteiger partial charge >= 0.3 is 5.97 Å². The van der Waals surface area contributed by atoms with Gasteiger partial charge < -0.3 is 14.4 Å². The van der Waals surface area contributed by atoms with Crippen molar-refractivity contribution in [2.45, 2.75) is 19.1 Å². The number of carbonyl (C=O) groups is 2. The van der Waals surface area contributed by atoms with Crippen molar-refractivity contribution in [1.82, 2.24) is 14.3 Å². The molecule has 2 aromatic rings. The molecule has 0 saturated heterocycles. The molecule has 0 aliphatic heterocycles. The van der Waals surface area contributed by atoms with Gasteiger partial charge in [0.05, 0.1) is 17.9 Å². The molecule has 0 saturated carbocycles. The first-order chi connectivity index (χ1) is 10.5. The topological polar surface area (TPSA) is 74.9 Å². The average molecular weight is 321 g/mol. The number of aliphatic carboxylic acids is 1. The summed E-state index contributed by atoms with van der Waals surface area (Å²) < 4.78 is 1.98. The molecule has 2 rings (SSSR count). The molecule has 0 spiro atoms. The number of thioether (sulfide) groups is 1. The Hall–Kier alpha value is -2.02. The van der Waals surface area contributed by atoms with Crippen molar-refractivity contribution < 1.29 is 14.7 Å². The number of amides is 1. The Kier molecular flexibility index (Phi) is 5.43. The zero-order valence-corrected chi connectivity index (χ0v) is 13.5. The maximum absolute atomic E-state index is 11.8. The monoisotopic (exact) mass is 321 g/mol. The van der Waals surface area contributed by atoms with E-state index in [1.54, 1.807) is 7.05 Å². The van der Waals surface area contributed by atoms with Crippen LogP contribution in [0.25, 0.3) is 5.65 Å². The first-order valence-corrected chi connectivity index (χ1v) is 8.09. The molecular weight excluding hydrogens is 302 g/mol. The minimum Gasteiger partial charge on any atom is -0.481 e. The summed E-state index contributed by atoms with van der Waals surface area (Å²) >= 11 is 1.48. The first kappa shape index (κ1) is 16.4. The van der Waals surface area contributed by atoms with Gasteiger partial charge in [0, 0.05) is 31.7 Å². The van der Waals surface area contributed by atoms with Crippen LogP contribution in [-0.4, -0.2) is 50.6 Å². The molecule has 0 aromatic carbocycles.